The number of rotatable bonds is 4. The number of H-pyrrole nitrogens is 1. The molecule has 1 aromatic rings. The first kappa shape index (κ1) is 12.6. The summed E-state index contributed by atoms with van der Waals surface area (Å²) in [6.45, 7) is 1.52. The van der Waals surface area contributed by atoms with Crippen molar-refractivity contribution in [1.82, 2.24) is 9.97 Å². The maximum atomic E-state index is 11.6. The lowest BCUT2D eigenvalue weighted by Crippen LogP contribution is -2.39. The Morgan fingerprint density at radius 3 is 3.17 bits per heavy atom. The van der Waals surface area contributed by atoms with Crippen LogP contribution in [0.25, 0.3) is 0 Å². The van der Waals surface area contributed by atoms with Crippen LogP contribution in [-0.2, 0) is 4.79 Å². The second-order valence-electron chi connectivity index (χ2n) is 4.63. The molecule has 0 spiro atoms. The molecule has 2 rings (SSSR count). The number of aromatic amines is 1. The number of nitrogens with one attached hydrogen (secondary N) is 1. The number of aliphatic carboxylic acids is 1. The highest BCUT2D eigenvalue weighted by molar-refractivity contribution is 5.66. The van der Waals surface area contributed by atoms with Crippen molar-refractivity contribution in [1.29, 1.82) is 0 Å². The standard InChI is InChI=1S/C12H17N3O3/c16-10(17)4-3-9-2-1-7-15(8-9)11-12(18)14-6-5-13-11/h5-6,9H,1-4,7-8H2,(H,14,18)(H,16,17). The van der Waals surface area contributed by atoms with Gasteiger partial charge in [0.25, 0.3) is 5.56 Å². The molecule has 0 radical (unpaired) electrons. The van der Waals surface area contributed by atoms with Gasteiger partial charge in [-0.15, -0.1) is 0 Å². The molecule has 0 aliphatic carbocycles. The van der Waals surface area contributed by atoms with Gasteiger partial charge in [-0.1, -0.05) is 0 Å². The first-order valence-corrected chi connectivity index (χ1v) is 6.17. The average molecular weight is 251 g/mol. The van der Waals surface area contributed by atoms with Gasteiger partial charge in [-0.25, -0.2) is 4.98 Å². The summed E-state index contributed by atoms with van der Waals surface area (Å²) >= 11 is 0. The zero-order chi connectivity index (χ0) is 13.0. The first-order valence-electron chi connectivity index (χ1n) is 6.17. The Morgan fingerprint density at radius 2 is 2.44 bits per heavy atom. The van der Waals surface area contributed by atoms with Gasteiger partial charge in [-0.3, -0.25) is 9.59 Å². The molecule has 0 aromatic carbocycles. The summed E-state index contributed by atoms with van der Waals surface area (Å²) in [7, 11) is 0. The number of carboxylic acid groups (broad SMARTS) is 1. The van der Waals surface area contributed by atoms with Crippen molar-refractivity contribution in [3.05, 3.63) is 22.7 Å². The number of carboxylic acids is 1. The van der Waals surface area contributed by atoms with Gasteiger partial charge in [-0.2, -0.15) is 0 Å². The zero-order valence-corrected chi connectivity index (χ0v) is 10.1. The molecular weight excluding hydrogens is 234 g/mol. The van der Waals surface area contributed by atoms with Gasteiger partial charge in [0.1, 0.15) is 0 Å². The molecule has 98 valence electrons. The van der Waals surface area contributed by atoms with Gasteiger partial charge in [0.2, 0.25) is 0 Å². The van der Waals surface area contributed by atoms with Crippen LogP contribution < -0.4 is 10.5 Å². The molecule has 1 aliphatic heterocycles. The minimum Gasteiger partial charge on any atom is -0.481 e. The number of anilines is 1. The van der Waals surface area contributed by atoms with Crippen LogP contribution in [0.1, 0.15) is 25.7 Å². The van der Waals surface area contributed by atoms with Crippen molar-refractivity contribution in [2.45, 2.75) is 25.7 Å². The Hall–Kier alpha value is -1.85. The maximum absolute atomic E-state index is 11.6. The summed E-state index contributed by atoms with van der Waals surface area (Å²) in [6.07, 6.45) is 5.93. The summed E-state index contributed by atoms with van der Waals surface area (Å²) in [5.74, 6) is 0.0107. The fraction of sp³-hybridized carbons (Fsp3) is 0.583. The third kappa shape index (κ3) is 3.09. The molecular formula is C12H17N3O3. The Balaban J connectivity index is 2.00. The number of nitrogens with zero attached hydrogens (tertiary/aromatic N) is 2. The van der Waals surface area contributed by atoms with E-state index in [0.717, 1.165) is 19.4 Å². The lowest BCUT2D eigenvalue weighted by atomic mass is 9.93. The largest absolute Gasteiger partial charge is 0.481 e. The second kappa shape index (κ2) is 5.66. The Labute approximate surface area is 105 Å². The second-order valence-corrected chi connectivity index (χ2v) is 4.63. The molecule has 1 fully saturated rings. The molecule has 18 heavy (non-hydrogen) atoms. The number of piperidine rings is 1. The van der Waals surface area contributed by atoms with E-state index in [9.17, 15) is 9.59 Å². The molecule has 0 amide bonds. The highest BCUT2D eigenvalue weighted by Gasteiger charge is 2.22. The summed E-state index contributed by atoms with van der Waals surface area (Å²) in [5, 5.41) is 8.69. The summed E-state index contributed by atoms with van der Waals surface area (Å²) in [5.41, 5.74) is -0.184. The van der Waals surface area contributed by atoms with Crippen LogP contribution >= 0.6 is 0 Å². The van der Waals surface area contributed by atoms with E-state index in [1.54, 1.807) is 6.20 Å². The third-order valence-corrected chi connectivity index (χ3v) is 3.27. The van der Waals surface area contributed by atoms with Gasteiger partial charge in [0, 0.05) is 31.9 Å². The molecule has 1 unspecified atom stereocenters. The van der Waals surface area contributed by atoms with Crippen molar-refractivity contribution >= 4 is 11.8 Å². The summed E-state index contributed by atoms with van der Waals surface area (Å²) in [6, 6.07) is 0. The first-order chi connectivity index (χ1) is 8.66. The van der Waals surface area contributed by atoms with E-state index < -0.39 is 5.97 Å². The quantitative estimate of drug-likeness (QED) is 0.828. The molecule has 1 atom stereocenters. The monoisotopic (exact) mass is 251 g/mol. The van der Waals surface area contributed by atoms with E-state index in [2.05, 4.69) is 9.97 Å². The van der Waals surface area contributed by atoms with Crippen molar-refractivity contribution in [2.75, 3.05) is 18.0 Å². The maximum Gasteiger partial charge on any atom is 0.303 e. The average Bonchev–Trinajstić information content (AvgIpc) is 2.37. The van der Waals surface area contributed by atoms with Crippen molar-refractivity contribution in [3.8, 4) is 0 Å². The SMILES string of the molecule is O=C(O)CCC1CCCN(c2ncc[nH]c2=O)C1. The molecule has 1 aromatic heterocycles. The van der Waals surface area contributed by atoms with Gasteiger partial charge >= 0.3 is 5.97 Å². The predicted octanol–water partition coefficient (Wildman–Crippen LogP) is 0.851. The summed E-state index contributed by atoms with van der Waals surface area (Å²) < 4.78 is 0. The third-order valence-electron chi connectivity index (χ3n) is 3.27. The minimum atomic E-state index is -0.761. The fourth-order valence-electron chi connectivity index (χ4n) is 2.39. The van der Waals surface area contributed by atoms with E-state index in [1.807, 2.05) is 4.90 Å². The van der Waals surface area contributed by atoms with Gasteiger partial charge in [0.05, 0.1) is 0 Å². The topological polar surface area (TPSA) is 86.3 Å². The number of aromatic nitrogens is 2. The van der Waals surface area contributed by atoms with Crippen LogP contribution in [-0.4, -0.2) is 34.1 Å². The molecule has 6 nitrogen and oxygen atoms in total. The van der Waals surface area contributed by atoms with E-state index in [1.165, 1.54) is 6.20 Å². The lowest BCUT2D eigenvalue weighted by Gasteiger charge is -2.32. The predicted molar refractivity (Wildman–Crippen MR) is 66.7 cm³/mol. The normalized spacial score (nSPS) is 19.8. The fourth-order valence-corrected chi connectivity index (χ4v) is 2.39. The smallest absolute Gasteiger partial charge is 0.303 e. The number of hydrogen-bond acceptors (Lipinski definition) is 4. The van der Waals surface area contributed by atoms with Crippen molar-refractivity contribution < 1.29 is 9.90 Å². The van der Waals surface area contributed by atoms with Gasteiger partial charge < -0.3 is 15.0 Å². The summed E-state index contributed by atoms with van der Waals surface area (Å²) in [4.78, 5) is 30.9. The molecule has 0 saturated carbocycles. The molecule has 6 heteroatoms. The van der Waals surface area contributed by atoms with Gasteiger partial charge in [-0.05, 0) is 25.2 Å². The van der Waals surface area contributed by atoms with Crippen molar-refractivity contribution in [2.24, 2.45) is 5.92 Å². The molecule has 0 bridgehead atoms. The van der Waals surface area contributed by atoms with Crippen LogP contribution in [0, 0.1) is 5.92 Å². The van der Waals surface area contributed by atoms with Crippen LogP contribution in [0.5, 0.6) is 0 Å². The highest BCUT2D eigenvalue weighted by Crippen LogP contribution is 2.22. The number of carbonyl (C=O) groups is 1. The van der Waals surface area contributed by atoms with E-state index >= 15 is 0 Å². The van der Waals surface area contributed by atoms with Gasteiger partial charge in [0.15, 0.2) is 5.82 Å². The molecule has 2 N–H and O–H groups in total. The van der Waals surface area contributed by atoms with Crippen LogP contribution in [0.15, 0.2) is 17.2 Å². The van der Waals surface area contributed by atoms with E-state index in [4.69, 9.17) is 5.11 Å². The number of hydrogen-bond donors (Lipinski definition) is 2. The Kier molecular flexibility index (Phi) is 3.96. The van der Waals surface area contributed by atoms with Crippen LogP contribution in [0.2, 0.25) is 0 Å². The Bertz CT molecular complexity index is 472. The van der Waals surface area contributed by atoms with Crippen LogP contribution in [0.3, 0.4) is 0 Å². The molecule has 1 aliphatic rings. The van der Waals surface area contributed by atoms with Crippen LogP contribution in [0.4, 0.5) is 5.82 Å². The molecule has 2 heterocycles. The Morgan fingerprint density at radius 1 is 1.61 bits per heavy atom. The van der Waals surface area contributed by atoms with E-state index in [-0.39, 0.29) is 12.0 Å². The molecule has 1 saturated heterocycles. The van der Waals surface area contributed by atoms with Crippen molar-refractivity contribution in [3.63, 3.8) is 0 Å². The minimum absolute atomic E-state index is 0.184. The highest BCUT2D eigenvalue weighted by atomic mass is 16.4. The lowest BCUT2D eigenvalue weighted by molar-refractivity contribution is -0.137. The zero-order valence-electron chi connectivity index (χ0n) is 10.1. The van der Waals surface area contributed by atoms with E-state index in [0.29, 0.717) is 24.7 Å².